The summed E-state index contributed by atoms with van der Waals surface area (Å²) in [6.07, 6.45) is 0. The molecule has 3 heteroatoms. The van der Waals surface area contributed by atoms with Crippen molar-refractivity contribution >= 4 is 0 Å². The summed E-state index contributed by atoms with van der Waals surface area (Å²) >= 11 is 0. The van der Waals surface area contributed by atoms with E-state index >= 15 is 0 Å². The third kappa shape index (κ3) is 3.55. The number of aryl methyl sites for hydroxylation is 2. The molecule has 0 radical (unpaired) electrons. The molecule has 0 spiro atoms. The van der Waals surface area contributed by atoms with Gasteiger partial charge in [-0.15, -0.1) is 0 Å². The molecule has 3 nitrogen and oxygen atoms in total. The molecule has 1 saturated heterocycles. The molecule has 1 fully saturated rings. The fourth-order valence-corrected chi connectivity index (χ4v) is 2.51. The Hall–Kier alpha value is -0.900. The molecular formula is C15H25N3. The first kappa shape index (κ1) is 13.5. The van der Waals surface area contributed by atoms with Crippen molar-refractivity contribution in [3.05, 3.63) is 34.9 Å². The Morgan fingerprint density at radius 3 is 2.94 bits per heavy atom. The summed E-state index contributed by atoms with van der Waals surface area (Å²) in [5, 5.41) is 7.03. The van der Waals surface area contributed by atoms with Gasteiger partial charge in [-0.3, -0.25) is 4.90 Å². The van der Waals surface area contributed by atoms with Crippen molar-refractivity contribution in [3.8, 4) is 0 Å². The fourth-order valence-electron chi connectivity index (χ4n) is 2.51. The average molecular weight is 247 g/mol. The van der Waals surface area contributed by atoms with Crippen molar-refractivity contribution < 1.29 is 0 Å². The van der Waals surface area contributed by atoms with E-state index < -0.39 is 0 Å². The number of hydrogen-bond acceptors (Lipinski definition) is 3. The lowest BCUT2D eigenvalue weighted by atomic mass is 10.1. The van der Waals surface area contributed by atoms with Crippen LogP contribution in [0.3, 0.4) is 0 Å². The van der Waals surface area contributed by atoms with E-state index in [-0.39, 0.29) is 0 Å². The molecule has 0 bridgehead atoms. The van der Waals surface area contributed by atoms with Gasteiger partial charge in [-0.05, 0) is 32.0 Å². The smallest absolute Gasteiger partial charge is 0.0342 e. The highest BCUT2D eigenvalue weighted by Gasteiger charge is 2.17. The first-order valence-electron chi connectivity index (χ1n) is 6.84. The molecule has 18 heavy (non-hydrogen) atoms. The number of likely N-dealkylation sites (N-methyl/N-ethyl adjacent to an activating group) is 1. The quantitative estimate of drug-likeness (QED) is 0.840. The summed E-state index contributed by atoms with van der Waals surface area (Å²) in [5.74, 6) is 0. The minimum Gasteiger partial charge on any atom is -0.314 e. The van der Waals surface area contributed by atoms with Crippen molar-refractivity contribution in [2.45, 2.75) is 26.4 Å². The highest BCUT2D eigenvalue weighted by molar-refractivity contribution is 5.30. The van der Waals surface area contributed by atoms with Crippen molar-refractivity contribution in [1.82, 2.24) is 15.5 Å². The second kappa shape index (κ2) is 6.32. The van der Waals surface area contributed by atoms with Gasteiger partial charge in [-0.2, -0.15) is 0 Å². The Labute approximate surface area is 111 Å². The van der Waals surface area contributed by atoms with E-state index in [0.717, 1.165) is 32.7 Å². The van der Waals surface area contributed by atoms with Crippen LogP contribution in [0.1, 0.15) is 16.7 Å². The molecule has 0 aromatic heterocycles. The van der Waals surface area contributed by atoms with E-state index in [1.54, 1.807) is 0 Å². The lowest BCUT2D eigenvalue weighted by Crippen LogP contribution is -2.53. The van der Waals surface area contributed by atoms with E-state index in [4.69, 9.17) is 0 Å². The third-order valence-corrected chi connectivity index (χ3v) is 3.84. The maximum Gasteiger partial charge on any atom is 0.0342 e. The highest BCUT2D eigenvalue weighted by atomic mass is 15.2. The van der Waals surface area contributed by atoms with Crippen LogP contribution in [0.5, 0.6) is 0 Å². The zero-order chi connectivity index (χ0) is 13.0. The van der Waals surface area contributed by atoms with Gasteiger partial charge in [-0.1, -0.05) is 23.8 Å². The first-order chi connectivity index (χ1) is 8.66. The molecule has 1 aromatic rings. The van der Waals surface area contributed by atoms with Crippen molar-refractivity contribution in [2.24, 2.45) is 0 Å². The second-order valence-corrected chi connectivity index (χ2v) is 5.40. The number of piperazine rings is 1. The monoisotopic (exact) mass is 247 g/mol. The van der Waals surface area contributed by atoms with Crippen LogP contribution in [0.15, 0.2) is 18.2 Å². The van der Waals surface area contributed by atoms with Gasteiger partial charge < -0.3 is 10.6 Å². The van der Waals surface area contributed by atoms with E-state index in [1.807, 2.05) is 0 Å². The van der Waals surface area contributed by atoms with Crippen LogP contribution in [-0.2, 0) is 6.54 Å². The predicted molar refractivity (Wildman–Crippen MR) is 76.9 cm³/mol. The zero-order valence-electron chi connectivity index (χ0n) is 11.8. The Kier molecular flexibility index (Phi) is 4.75. The Morgan fingerprint density at radius 2 is 2.22 bits per heavy atom. The van der Waals surface area contributed by atoms with Gasteiger partial charge in [0.05, 0.1) is 0 Å². The molecule has 0 aliphatic carbocycles. The molecule has 2 N–H and O–H groups in total. The predicted octanol–water partition coefficient (Wildman–Crippen LogP) is 1.30. The number of nitrogens with one attached hydrogen (secondary N) is 2. The van der Waals surface area contributed by atoms with Crippen LogP contribution in [0.4, 0.5) is 0 Å². The lowest BCUT2D eigenvalue weighted by molar-refractivity contribution is 0.195. The summed E-state index contributed by atoms with van der Waals surface area (Å²) < 4.78 is 0. The van der Waals surface area contributed by atoms with E-state index in [1.165, 1.54) is 16.7 Å². The fraction of sp³-hybridized carbons (Fsp3) is 0.600. The number of rotatable bonds is 4. The minimum atomic E-state index is 0.615. The molecule has 1 aliphatic heterocycles. The van der Waals surface area contributed by atoms with Gasteiger partial charge in [0.2, 0.25) is 0 Å². The Bertz CT molecular complexity index is 389. The SMILES string of the molecule is Cc1ccc(CNCC2CNCCN2C)c(C)c1. The summed E-state index contributed by atoms with van der Waals surface area (Å²) in [6.45, 7) is 9.72. The molecule has 2 rings (SSSR count). The van der Waals surface area contributed by atoms with Crippen LogP contribution in [-0.4, -0.2) is 44.2 Å². The number of hydrogen-bond donors (Lipinski definition) is 2. The van der Waals surface area contributed by atoms with Gasteiger partial charge >= 0.3 is 0 Å². The molecule has 0 saturated carbocycles. The molecular weight excluding hydrogens is 222 g/mol. The molecule has 100 valence electrons. The molecule has 1 aliphatic rings. The van der Waals surface area contributed by atoms with Gasteiger partial charge in [0.1, 0.15) is 0 Å². The van der Waals surface area contributed by atoms with Crippen LogP contribution < -0.4 is 10.6 Å². The largest absolute Gasteiger partial charge is 0.314 e. The van der Waals surface area contributed by atoms with Crippen LogP contribution in [0.2, 0.25) is 0 Å². The van der Waals surface area contributed by atoms with Gasteiger partial charge in [0.15, 0.2) is 0 Å². The van der Waals surface area contributed by atoms with Crippen LogP contribution in [0.25, 0.3) is 0 Å². The van der Waals surface area contributed by atoms with E-state index in [0.29, 0.717) is 6.04 Å². The lowest BCUT2D eigenvalue weighted by Gasteiger charge is -2.33. The van der Waals surface area contributed by atoms with Crippen LogP contribution in [0, 0.1) is 13.8 Å². The normalized spacial score (nSPS) is 21.2. The maximum atomic E-state index is 3.58. The molecule has 1 aromatic carbocycles. The molecule has 0 amide bonds. The highest BCUT2D eigenvalue weighted by Crippen LogP contribution is 2.10. The zero-order valence-corrected chi connectivity index (χ0v) is 11.8. The number of benzene rings is 1. The van der Waals surface area contributed by atoms with Gasteiger partial charge in [0.25, 0.3) is 0 Å². The topological polar surface area (TPSA) is 27.3 Å². The summed E-state index contributed by atoms with van der Waals surface area (Å²) in [6, 6.07) is 7.30. The summed E-state index contributed by atoms with van der Waals surface area (Å²) in [4.78, 5) is 2.44. The summed E-state index contributed by atoms with van der Waals surface area (Å²) in [7, 11) is 2.21. The average Bonchev–Trinajstić information content (AvgIpc) is 2.34. The minimum absolute atomic E-state index is 0.615. The van der Waals surface area contributed by atoms with Crippen LogP contribution >= 0.6 is 0 Å². The van der Waals surface area contributed by atoms with Crippen molar-refractivity contribution in [2.75, 3.05) is 33.2 Å². The molecule has 1 heterocycles. The first-order valence-corrected chi connectivity index (χ1v) is 6.84. The third-order valence-electron chi connectivity index (χ3n) is 3.84. The molecule has 1 unspecified atom stereocenters. The van der Waals surface area contributed by atoms with Crippen molar-refractivity contribution in [1.29, 1.82) is 0 Å². The maximum absolute atomic E-state index is 3.58. The van der Waals surface area contributed by atoms with Crippen molar-refractivity contribution in [3.63, 3.8) is 0 Å². The number of nitrogens with zero attached hydrogens (tertiary/aromatic N) is 1. The van der Waals surface area contributed by atoms with E-state index in [9.17, 15) is 0 Å². The Balaban J connectivity index is 1.81. The van der Waals surface area contributed by atoms with Gasteiger partial charge in [0, 0.05) is 38.8 Å². The molecule has 1 atom stereocenters. The van der Waals surface area contributed by atoms with Gasteiger partial charge in [-0.25, -0.2) is 0 Å². The Morgan fingerprint density at radius 1 is 1.39 bits per heavy atom. The standard InChI is InChI=1S/C15H25N3/c1-12-4-5-14(13(2)8-12)9-17-11-15-10-16-6-7-18(15)3/h4-5,8,15-17H,6-7,9-11H2,1-3H3. The second-order valence-electron chi connectivity index (χ2n) is 5.40. The summed E-state index contributed by atoms with van der Waals surface area (Å²) in [5.41, 5.74) is 4.14. The van der Waals surface area contributed by atoms with E-state index in [2.05, 4.69) is 54.6 Å².